The number of benzene rings is 1. The van der Waals surface area contributed by atoms with E-state index < -0.39 is 0 Å². The van der Waals surface area contributed by atoms with Crippen LogP contribution >= 0.6 is 0 Å². The number of rotatable bonds is 2. The molecule has 1 fully saturated rings. The molecule has 4 nitrogen and oxygen atoms in total. The molecule has 3 rings (SSSR count). The van der Waals surface area contributed by atoms with Gasteiger partial charge in [-0.2, -0.15) is 0 Å². The number of nitrogens with zero attached hydrogens (tertiary/aromatic N) is 1. The van der Waals surface area contributed by atoms with Gasteiger partial charge in [-0.3, -0.25) is 4.79 Å². The van der Waals surface area contributed by atoms with Gasteiger partial charge in [-0.05, 0) is 25.1 Å². The van der Waals surface area contributed by atoms with E-state index in [1.807, 2.05) is 41.9 Å². The Kier molecular flexibility index (Phi) is 2.80. The Balaban J connectivity index is 1.88. The van der Waals surface area contributed by atoms with Gasteiger partial charge in [0.05, 0.1) is 0 Å². The number of aryl methyl sites for hydroxylation is 1. The quantitative estimate of drug-likeness (QED) is 0.834. The Hall–Kier alpha value is -1.81. The molecule has 1 aliphatic heterocycles. The number of carbonyl (C=O) groups is 1. The summed E-state index contributed by atoms with van der Waals surface area (Å²) in [7, 11) is 1.93. The van der Waals surface area contributed by atoms with Gasteiger partial charge in [0, 0.05) is 30.5 Å². The predicted octanol–water partition coefficient (Wildman–Crippen LogP) is 1.27. The van der Waals surface area contributed by atoms with Crippen molar-refractivity contribution in [2.45, 2.75) is 12.5 Å². The monoisotopic (exact) mass is 243 g/mol. The van der Waals surface area contributed by atoms with Gasteiger partial charge in [0.2, 0.25) is 0 Å². The van der Waals surface area contributed by atoms with Crippen LogP contribution < -0.4 is 10.6 Å². The number of aromatic nitrogens is 1. The molecule has 0 aliphatic carbocycles. The Morgan fingerprint density at radius 2 is 2.28 bits per heavy atom. The van der Waals surface area contributed by atoms with Crippen LogP contribution in [-0.2, 0) is 7.05 Å². The molecular formula is C14H17N3O. The lowest BCUT2D eigenvalue weighted by Gasteiger charge is -2.11. The molecule has 0 bridgehead atoms. The molecule has 1 aromatic heterocycles. The molecule has 1 atom stereocenters. The van der Waals surface area contributed by atoms with E-state index in [1.54, 1.807) is 0 Å². The third kappa shape index (κ3) is 1.88. The topological polar surface area (TPSA) is 46.1 Å². The Labute approximate surface area is 106 Å². The van der Waals surface area contributed by atoms with Crippen LogP contribution in [0.4, 0.5) is 0 Å². The number of fused-ring (bicyclic) bond motifs is 1. The first-order valence-corrected chi connectivity index (χ1v) is 6.32. The van der Waals surface area contributed by atoms with Crippen molar-refractivity contribution in [1.29, 1.82) is 0 Å². The molecule has 0 saturated carbocycles. The molecule has 0 spiro atoms. The van der Waals surface area contributed by atoms with Crippen molar-refractivity contribution in [1.82, 2.24) is 15.2 Å². The van der Waals surface area contributed by atoms with Gasteiger partial charge in [-0.1, -0.05) is 18.2 Å². The minimum atomic E-state index is 0.0161. The number of hydrogen-bond acceptors (Lipinski definition) is 2. The second kappa shape index (κ2) is 4.46. The van der Waals surface area contributed by atoms with Gasteiger partial charge < -0.3 is 15.2 Å². The van der Waals surface area contributed by atoms with Gasteiger partial charge in [0.25, 0.3) is 5.91 Å². The molecule has 1 amide bonds. The average molecular weight is 243 g/mol. The SMILES string of the molecule is Cn1c(C(=O)N[C@@H]2CCNC2)cc2ccccc21. The summed E-state index contributed by atoms with van der Waals surface area (Å²) in [4.78, 5) is 12.2. The predicted molar refractivity (Wildman–Crippen MR) is 71.7 cm³/mol. The molecule has 0 unspecified atom stereocenters. The van der Waals surface area contributed by atoms with Crippen molar-refractivity contribution in [3.05, 3.63) is 36.0 Å². The fourth-order valence-electron chi connectivity index (χ4n) is 2.54. The minimum absolute atomic E-state index is 0.0161. The molecule has 2 aromatic rings. The Morgan fingerprint density at radius 3 is 3.00 bits per heavy atom. The van der Waals surface area contributed by atoms with Crippen LogP contribution in [0.2, 0.25) is 0 Å². The lowest BCUT2D eigenvalue weighted by molar-refractivity contribution is 0.0932. The largest absolute Gasteiger partial charge is 0.347 e. The van der Waals surface area contributed by atoms with Crippen molar-refractivity contribution in [2.75, 3.05) is 13.1 Å². The first-order chi connectivity index (χ1) is 8.75. The van der Waals surface area contributed by atoms with Crippen LogP contribution in [0.15, 0.2) is 30.3 Å². The number of nitrogens with one attached hydrogen (secondary N) is 2. The molecule has 18 heavy (non-hydrogen) atoms. The van der Waals surface area contributed by atoms with Crippen LogP contribution in [0, 0.1) is 0 Å². The Morgan fingerprint density at radius 1 is 1.44 bits per heavy atom. The van der Waals surface area contributed by atoms with Crippen LogP contribution in [0.25, 0.3) is 10.9 Å². The summed E-state index contributed by atoms with van der Waals surface area (Å²) < 4.78 is 1.95. The van der Waals surface area contributed by atoms with Crippen LogP contribution in [0.1, 0.15) is 16.9 Å². The van der Waals surface area contributed by atoms with E-state index >= 15 is 0 Å². The van der Waals surface area contributed by atoms with Gasteiger partial charge in [0.1, 0.15) is 5.69 Å². The van der Waals surface area contributed by atoms with E-state index in [0.29, 0.717) is 0 Å². The summed E-state index contributed by atoms with van der Waals surface area (Å²) in [6, 6.07) is 10.3. The standard InChI is InChI=1S/C14H17N3O/c1-17-12-5-3-2-4-10(12)8-13(17)14(18)16-11-6-7-15-9-11/h2-5,8,11,15H,6-7,9H2,1H3,(H,16,18)/t11-/m1/s1. The van der Waals surface area contributed by atoms with E-state index in [9.17, 15) is 4.79 Å². The van der Waals surface area contributed by atoms with Gasteiger partial charge >= 0.3 is 0 Å². The van der Waals surface area contributed by atoms with Crippen molar-refractivity contribution in [3.8, 4) is 0 Å². The molecule has 2 heterocycles. The van der Waals surface area contributed by atoms with Gasteiger partial charge in [-0.25, -0.2) is 0 Å². The average Bonchev–Trinajstić information content (AvgIpc) is 2.98. The smallest absolute Gasteiger partial charge is 0.268 e. The fourth-order valence-corrected chi connectivity index (χ4v) is 2.54. The van der Waals surface area contributed by atoms with Crippen molar-refractivity contribution in [3.63, 3.8) is 0 Å². The van der Waals surface area contributed by atoms with Crippen LogP contribution in [0.3, 0.4) is 0 Å². The molecule has 1 aromatic carbocycles. The summed E-state index contributed by atoms with van der Waals surface area (Å²) in [5.41, 5.74) is 1.82. The zero-order valence-electron chi connectivity index (χ0n) is 10.4. The Bertz CT molecular complexity index is 582. The maximum atomic E-state index is 12.2. The first-order valence-electron chi connectivity index (χ1n) is 6.32. The highest BCUT2D eigenvalue weighted by atomic mass is 16.2. The van der Waals surface area contributed by atoms with Crippen molar-refractivity contribution < 1.29 is 4.79 Å². The maximum absolute atomic E-state index is 12.2. The lowest BCUT2D eigenvalue weighted by atomic mass is 10.2. The lowest BCUT2D eigenvalue weighted by Crippen LogP contribution is -2.37. The van der Waals surface area contributed by atoms with E-state index in [0.717, 1.165) is 36.1 Å². The first kappa shape index (κ1) is 11.3. The molecular weight excluding hydrogens is 226 g/mol. The van der Waals surface area contributed by atoms with Gasteiger partial charge in [-0.15, -0.1) is 0 Å². The molecule has 2 N–H and O–H groups in total. The molecule has 1 aliphatic rings. The summed E-state index contributed by atoms with van der Waals surface area (Å²) in [6.45, 7) is 1.86. The fraction of sp³-hybridized carbons (Fsp3) is 0.357. The highest BCUT2D eigenvalue weighted by Crippen LogP contribution is 2.18. The number of carbonyl (C=O) groups excluding carboxylic acids is 1. The zero-order chi connectivity index (χ0) is 12.5. The second-order valence-electron chi connectivity index (χ2n) is 4.81. The summed E-state index contributed by atoms with van der Waals surface area (Å²) in [5.74, 6) is 0.0161. The normalized spacial score (nSPS) is 19.3. The summed E-state index contributed by atoms with van der Waals surface area (Å²) in [5, 5.41) is 7.43. The van der Waals surface area contributed by atoms with Crippen molar-refractivity contribution >= 4 is 16.8 Å². The maximum Gasteiger partial charge on any atom is 0.268 e. The van der Waals surface area contributed by atoms with E-state index in [2.05, 4.69) is 10.6 Å². The van der Waals surface area contributed by atoms with Crippen LogP contribution in [0.5, 0.6) is 0 Å². The number of amides is 1. The zero-order valence-corrected chi connectivity index (χ0v) is 10.4. The van der Waals surface area contributed by atoms with Crippen molar-refractivity contribution in [2.24, 2.45) is 7.05 Å². The second-order valence-corrected chi connectivity index (χ2v) is 4.81. The molecule has 94 valence electrons. The molecule has 1 saturated heterocycles. The third-order valence-corrected chi connectivity index (χ3v) is 3.58. The van der Waals surface area contributed by atoms with Crippen LogP contribution in [-0.4, -0.2) is 29.6 Å². The van der Waals surface area contributed by atoms with E-state index in [-0.39, 0.29) is 11.9 Å². The van der Waals surface area contributed by atoms with E-state index in [1.165, 1.54) is 0 Å². The highest BCUT2D eigenvalue weighted by molar-refractivity contribution is 5.98. The molecule has 0 radical (unpaired) electrons. The summed E-state index contributed by atoms with van der Waals surface area (Å²) in [6.07, 6.45) is 1.01. The van der Waals surface area contributed by atoms with Gasteiger partial charge in [0.15, 0.2) is 0 Å². The molecule has 4 heteroatoms. The van der Waals surface area contributed by atoms with E-state index in [4.69, 9.17) is 0 Å². The third-order valence-electron chi connectivity index (χ3n) is 3.58. The number of para-hydroxylation sites is 1. The highest BCUT2D eigenvalue weighted by Gasteiger charge is 2.19. The summed E-state index contributed by atoms with van der Waals surface area (Å²) >= 11 is 0. The number of hydrogen-bond donors (Lipinski definition) is 2. The minimum Gasteiger partial charge on any atom is -0.347 e.